The molecule has 1 aliphatic rings. The van der Waals surface area contributed by atoms with Crippen LogP contribution in [0.3, 0.4) is 0 Å². The molecule has 0 saturated heterocycles. The molecular weight excluding hydrogens is 491 g/mol. The van der Waals surface area contributed by atoms with Crippen LogP contribution in [0, 0.1) is 5.82 Å². The first-order valence-corrected chi connectivity index (χ1v) is 12.1. The van der Waals surface area contributed by atoms with E-state index in [1.165, 1.54) is 19.2 Å². The summed E-state index contributed by atoms with van der Waals surface area (Å²) in [6.07, 6.45) is 0.376. The number of carboxylic acids is 1. The number of aromatic nitrogens is 3. The van der Waals surface area contributed by atoms with Crippen LogP contribution in [0.25, 0.3) is 11.0 Å². The lowest BCUT2D eigenvalue weighted by Gasteiger charge is -2.32. The highest BCUT2D eigenvalue weighted by Crippen LogP contribution is 2.38. The van der Waals surface area contributed by atoms with Gasteiger partial charge in [-0.15, -0.1) is 5.10 Å². The molecule has 0 bridgehead atoms. The number of fused-ring (bicyclic) bond motifs is 2. The molecule has 3 aromatic carbocycles. The van der Waals surface area contributed by atoms with Crippen LogP contribution in [-0.2, 0) is 24.8 Å². The van der Waals surface area contributed by atoms with Crippen LogP contribution in [0.2, 0.25) is 0 Å². The van der Waals surface area contributed by atoms with E-state index in [2.05, 4.69) is 10.3 Å². The number of hydrogen-bond donors (Lipinski definition) is 1. The number of rotatable bonds is 7. The van der Waals surface area contributed by atoms with Crippen LogP contribution in [0.15, 0.2) is 48.5 Å². The standard InChI is InChI=1S/C28H27FN4O5/c1-32-27-24(30-31-32)11-17(12-25(27)38-3)22(14-26(34)35)20-6-4-5-16-15-33(10-9-19(16)20)28(36)21-8-7-18(37-2)13-23(21)29/h4-8,11-13,22H,9-10,14-15H2,1-3H3,(H,34,35)/t22-/m1/s1. The Morgan fingerprint density at radius 2 is 1.95 bits per heavy atom. The molecule has 1 aliphatic heterocycles. The number of methoxy groups -OCH3 is 2. The van der Waals surface area contributed by atoms with Crippen molar-refractivity contribution in [2.45, 2.75) is 25.3 Å². The molecule has 2 heterocycles. The molecule has 1 aromatic heterocycles. The van der Waals surface area contributed by atoms with Gasteiger partial charge in [-0.2, -0.15) is 0 Å². The van der Waals surface area contributed by atoms with E-state index in [0.29, 0.717) is 36.5 Å². The van der Waals surface area contributed by atoms with Crippen LogP contribution in [0.5, 0.6) is 11.5 Å². The normalized spacial score (nSPS) is 13.7. The highest BCUT2D eigenvalue weighted by molar-refractivity contribution is 5.94. The van der Waals surface area contributed by atoms with Crippen LogP contribution >= 0.6 is 0 Å². The first-order chi connectivity index (χ1) is 18.3. The molecule has 196 valence electrons. The average molecular weight is 519 g/mol. The minimum atomic E-state index is -0.937. The number of halogens is 1. The Morgan fingerprint density at radius 3 is 2.66 bits per heavy atom. The summed E-state index contributed by atoms with van der Waals surface area (Å²) in [7, 11) is 4.76. The molecule has 5 rings (SSSR count). The summed E-state index contributed by atoms with van der Waals surface area (Å²) in [6, 6.07) is 13.6. The highest BCUT2D eigenvalue weighted by Gasteiger charge is 2.29. The van der Waals surface area contributed by atoms with Gasteiger partial charge in [0.05, 0.1) is 26.2 Å². The van der Waals surface area contributed by atoms with Gasteiger partial charge in [-0.05, 0) is 52.9 Å². The number of aliphatic carboxylic acids is 1. The SMILES string of the molecule is COc1ccc(C(=O)N2CCc3c(cccc3[C@H](CC(=O)O)c3cc(OC)c4c(c3)nnn4C)C2)c(F)c1. The summed E-state index contributed by atoms with van der Waals surface area (Å²) < 4.78 is 26.8. The summed E-state index contributed by atoms with van der Waals surface area (Å²) in [5.41, 5.74) is 4.84. The van der Waals surface area contributed by atoms with Crippen molar-refractivity contribution in [1.29, 1.82) is 0 Å². The Balaban J connectivity index is 1.51. The second kappa shape index (κ2) is 10.1. The topological polar surface area (TPSA) is 107 Å². The molecule has 0 spiro atoms. The lowest BCUT2D eigenvalue weighted by Crippen LogP contribution is -2.37. The van der Waals surface area contributed by atoms with Crippen molar-refractivity contribution < 1.29 is 28.6 Å². The summed E-state index contributed by atoms with van der Waals surface area (Å²) in [4.78, 5) is 26.7. The predicted molar refractivity (Wildman–Crippen MR) is 137 cm³/mol. The minimum absolute atomic E-state index is 0.0153. The number of ether oxygens (including phenoxy) is 2. The molecule has 1 N–H and O–H groups in total. The third-order valence-electron chi connectivity index (χ3n) is 7.06. The maximum absolute atomic E-state index is 14.6. The van der Waals surface area contributed by atoms with Crippen LogP contribution in [0.4, 0.5) is 4.39 Å². The molecule has 4 aromatic rings. The fourth-order valence-corrected chi connectivity index (χ4v) is 5.22. The second-order valence-electron chi connectivity index (χ2n) is 9.26. The fourth-order valence-electron chi connectivity index (χ4n) is 5.22. The number of benzene rings is 3. The third-order valence-corrected chi connectivity index (χ3v) is 7.06. The van der Waals surface area contributed by atoms with Crippen molar-refractivity contribution in [3.8, 4) is 11.5 Å². The van der Waals surface area contributed by atoms with Gasteiger partial charge in [-0.25, -0.2) is 9.07 Å². The number of aryl methyl sites for hydroxylation is 1. The molecule has 38 heavy (non-hydrogen) atoms. The maximum Gasteiger partial charge on any atom is 0.304 e. The average Bonchev–Trinajstić information content (AvgIpc) is 3.30. The Morgan fingerprint density at radius 1 is 1.13 bits per heavy atom. The summed E-state index contributed by atoms with van der Waals surface area (Å²) >= 11 is 0. The van der Waals surface area contributed by atoms with Gasteiger partial charge in [0.15, 0.2) is 0 Å². The number of carbonyl (C=O) groups excluding carboxylic acids is 1. The maximum atomic E-state index is 14.6. The van der Waals surface area contributed by atoms with E-state index >= 15 is 0 Å². The molecule has 0 fully saturated rings. The van der Waals surface area contributed by atoms with Crippen LogP contribution < -0.4 is 9.47 Å². The zero-order valence-electron chi connectivity index (χ0n) is 21.3. The lowest BCUT2D eigenvalue weighted by molar-refractivity contribution is -0.137. The number of carbonyl (C=O) groups is 2. The van der Waals surface area contributed by atoms with Gasteiger partial charge >= 0.3 is 5.97 Å². The van der Waals surface area contributed by atoms with E-state index in [0.717, 1.165) is 27.8 Å². The number of amides is 1. The Bertz CT molecular complexity index is 1550. The van der Waals surface area contributed by atoms with E-state index in [1.54, 1.807) is 29.8 Å². The molecule has 1 atom stereocenters. The molecule has 10 heteroatoms. The van der Waals surface area contributed by atoms with Crippen molar-refractivity contribution in [3.63, 3.8) is 0 Å². The van der Waals surface area contributed by atoms with E-state index in [4.69, 9.17) is 9.47 Å². The van der Waals surface area contributed by atoms with Crippen LogP contribution in [-0.4, -0.2) is 57.6 Å². The van der Waals surface area contributed by atoms with Gasteiger partial charge in [0.2, 0.25) is 0 Å². The molecule has 0 saturated carbocycles. The van der Waals surface area contributed by atoms with E-state index < -0.39 is 23.6 Å². The van der Waals surface area contributed by atoms with Crippen molar-refractivity contribution in [2.75, 3.05) is 20.8 Å². The molecule has 9 nitrogen and oxygen atoms in total. The number of nitrogens with zero attached hydrogens (tertiary/aromatic N) is 4. The zero-order valence-corrected chi connectivity index (χ0v) is 21.3. The van der Waals surface area contributed by atoms with Crippen molar-refractivity contribution in [3.05, 3.63) is 82.2 Å². The summed E-state index contributed by atoms with van der Waals surface area (Å²) in [6.45, 7) is 0.667. The van der Waals surface area contributed by atoms with Gasteiger partial charge in [0, 0.05) is 32.1 Å². The predicted octanol–water partition coefficient (Wildman–Crippen LogP) is 3.93. The summed E-state index contributed by atoms with van der Waals surface area (Å²) in [5, 5.41) is 18.1. The largest absolute Gasteiger partial charge is 0.497 e. The van der Waals surface area contributed by atoms with E-state index in [-0.39, 0.29) is 12.0 Å². The summed E-state index contributed by atoms with van der Waals surface area (Å²) in [5.74, 6) is -1.54. The van der Waals surface area contributed by atoms with Crippen molar-refractivity contribution in [1.82, 2.24) is 19.9 Å². The first-order valence-electron chi connectivity index (χ1n) is 12.1. The molecule has 1 amide bonds. The fraction of sp³-hybridized carbons (Fsp3) is 0.286. The zero-order chi connectivity index (χ0) is 27.0. The molecular formula is C28H27FN4O5. The number of carboxylic acid groups (broad SMARTS) is 1. The van der Waals surface area contributed by atoms with E-state index in [9.17, 15) is 19.1 Å². The van der Waals surface area contributed by atoms with Gasteiger partial charge < -0.3 is 19.5 Å². The molecule has 0 aliphatic carbocycles. The first kappa shape index (κ1) is 25.2. The Labute approximate surface area is 218 Å². The van der Waals surface area contributed by atoms with Crippen molar-refractivity contribution in [2.24, 2.45) is 7.05 Å². The second-order valence-corrected chi connectivity index (χ2v) is 9.26. The van der Waals surface area contributed by atoms with Crippen LogP contribution in [0.1, 0.15) is 45.0 Å². The van der Waals surface area contributed by atoms with Gasteiger partial charge in [0.25, 0.3) is 5.91 Å². The quantitative estimate of drug-likeness (QED) is 0.395. The lowest BCUT2D eigenvalue weighted by atomic mass is 9.82. The third kappa shape index (κ3) is 4.53. The smallest absolute Gasteiger partial charge is 0.304 e. The van der Waals surface area contributed by atoms with E-state index in [1.807, 2.05) is 30.3 Å². The number of hydrogen-bond acceptors (Lipinski definition) is 6. The molecule has 0 radical (unpaired) electrons. The van der Waals surface area contributed by atoms with Gasteiger partial charge in [-0.3, -0.25) is 9.59 Å². The molecule has 0 unspecified atom stereocenters. The monoisotopic (exact) mass is 518 g/mol. The minimum Gasteiger partial charge on any atom is -0.497 e. The Kier molecular flexibility index (Phi) is 6.71. The van der Waals surface area contributed by atoms with Gasteiger partial charge in [-0.1, -0.05) is 23.4 Å². The van der Waals surface area contributed by atoms with Gasteiger partial charge in [0.1, 0.15) is 28.3 Å². The van der Waals surface area contributed by atoms with Crippen molar-refractivity contribution >= 4 is 22.9 Å². The highest BCUT2D eigenvalue weighted by atomic mass is 19.1. The Hall–Kier alpha value is -4.47.